The number of nitrogens with zero attached hydrogens (tertiary/aromatic N) is 2. The Morgan fingerprint density at radius 3 is 2.16 bits per heavy atom. The number of benzene rings is 4. The fourth-order valence-electron chi connectivity index (χ4n) is 4.73. The Bertz CT molecular complexity index is 1380. The SMILES string of the molecule is O=C(NS(=O)Cc1ccccc1)c1ccc(N2CCN(Cc3ccccc3-c3ccc(O)cc3)CC2)cc1. The summed E-state index contributed by atoms with van der Waals surface area (Å²) in [6.07, 6.45) is 0. The standard InChI is InChI=1S/C31H31N3O3S/c35-29-16-12-25(13-17-29)30-9-5-4-8-27(30)22-33-18-20-34(21-19-33)28-14-10-26(11-15-28)31(36)32-38(37)23-24-6-2-1-3-7-24/h1-17,35H,18-23H2,(H,32,36). The number of phenolic OH excluding ortho intramolecular Hbond substituents is 1. The van der Waals surface area contributed by atoms with Gasteiger partial charge in [-0.1, -0.05) is 66.7 Å². The molecule has 1 amide bonds. The van der Waals surface area contributed by atoms with Gasteiger partial charge in [0.15, 0.2) is 0 Å². The lowest BCUT2D eigenvalue weighted by molar-refractivity contribution is 0.0983. The first-order valence-corrected chi connectivity index (χ1v) is 14.0. The number of rotatable bonds is 8. The number of amides is 1. The average molecular weight is 526 g/mol. The molecule has 194 valence electrons. The molecule has 1 fully saturated rings. The van der Waals surface area contributed by atoms with Gasteiger partial charge in [-0.2, -0.15) is 0 Å². The van der Waals surface area contributed by atoms with Crippen LogP contribution in [0, 0.1) is 0 Å². The molecule has 1 saturated heterocycles. The van der Waals surface area contributed by atoms with Crippen molar-refractivity contribution in [3.8, 4) is 16.9 Å². The Morgan fingerprint density at radius 2 is 1.45 bits per heavy atom. The molecule has 4 aromatic carbocycles. The van der Waals surface area contributed by atoms with E-state index in [1.807, 2.05) is 54.6 Å². The predicted molar refractivity (Wildman–Crippen MR) is 153 cm³/mol. The Morgan fingerprint density at radius 1 is 0.789 bits per heavy atom. The van der Waals surface area contributed by atoms with Crippen LogP contribution in [0.15, 0.2) is 103 Å². The zero-order valence-electron chi connectivity index (χ0n) is 21.1. The molecule has 0 aromatic heterocycles. The molecule has 6 nitrogen and oxygen atoms in total. The Labute approximate surface area is 226 Å². The number of aromatic hydroxyl groups is 1. The zero-order valence-corrected chi connectivity index (χ0v) is 21.9. The number of phenols is 1. The van der Waals surface area contributed by atoms with Gasteiger partial charge in [0.05, 0.1) is 5.75 Å². The van der Waals surface area contributed by atoms with E-state index in [0.29, 0.717) is 5.56 Å². The van der Waals surface area contributed by atoms with Crippen molar-refractivity contribution >= 4 is 22.6 Å². The number of anilines is 1. The van der Waals surface area contributed by atoms with E-state index in [9.17, 15) is 14.1 Å². The lowest BCUT2D eigenvalue weighted by atomic mass is 9.99. The van der Waals surface area contributed by atoms with Gasteiger partial charge in [0.25, 0.3) is 5.91 Å². The number of piperazine rings is 1. The summed E-state index contributed by atoms with van der Waals surface area (Å²) >= 11 is 0. The summed E-state index contributed by atoms with van der Waals surface area (Å²) in [5.41, 5.74) is 6.06. The highest BCUT2D eigenvalue weighted by Gasteiger charge is 2.19. The second-order valence-corrected chi connectivity index (χ2v) is 10.6. The number of carbonyl (C=O) groups excluding carboxylic acids is 1. The van der Waals surface area contributed by atoms with Crippen LogP contribution in [-0.4, -0.2) is 46.3 Å². The molecule has 0 spiro atoms. The predicted octanol–water partition coefficient (Wildman–Crippen LogP) is 4.98. The first-order valence-electron chi connectivity index (χ1n) is 12.7. The quantitative estimate of drug-likeness (QED) is 0.340. The lowest BCUT2D eigenvalue weighted by Crippen LogP contribution is -2.46. The zero-order chi connectivity index (χ0) is 26.3. The molecule has 1 atom stereocenters. The van der Waals surface area contributed by atoms with E-state index in [1.165, 1.54) is 11.1 Å². The Balaban J connectivity index is 1.14. The first-order chi connectivity index (χ1) is 18.5. The van der Waals surface area contributed by atoms with Gasteiger partial charge < -0.3 is 10.0 Å². The minimum atomic E-state index is -1.47. The van der Waals surface area contributed by atoms with Crippen molar-refractivity contribution in [1.29, 1.82) is 0 Å². The van der Waals surface area contributed by atoms with Crippen LogP contribution in [0.5, 0.6) is 5.75 Å². The van der Waals surface area contributed by atoms with E-state index in [4.69, 9.17) is 0 Å². The van der Waals surface area contributed by atoms with Crippen LogP contribution in [0.4, 0.5) is 5.69 Å². The second-order valence-electron chi connectivity index (χ2n) is 9.42. The van der Waals surface area contributed by atoms with Crippen LogP contribution in [0.1, 0.15) is 21.5 Å². The molecule has 1 heterocycles. The number of hydrogen-bond acceptors (Lipinski definition) is 5. The fraction of sp³-hybridized carbons (Fsp3) is 0.194. The largest absolute Gasteiger partial charge is 0.508 e. The highest BCUT2D eigenvalue weighted by atomic mass is 32.2. The first kappa shape index (κ1) is 25.7. The van der Waals surface area contributed by atoms with Crippen LogP contribution in [0.3, 0.4) is 0 Å². The van der Waals surface area contributed by atoms with Crippen molar-refractivity contribution in [3.63, 3.8) is 0 Å². The molecule has 4 aromatic rings. The van der Waals surface area contributed by atoms with Gasteiger partial charge in [0.2, 0.25) is 0 Å². The summed E-state index contributed by atoms with van der Waals surface area (Å²) in [5.74, 6) is 0.228. The third kappa shape index (κ3) is 6.49. The van der Waals surface area contributed by atoms with Crippen molar-refractivity contribution in [3.05, 3.63) is 120 Å². The molecule has 0 radical (unpaired) electrons. The molecular formula is C31H31N3O3S. The maximum absolute atomic E-state index is 12.6. The third-order valence-corrected chi connectivity index (χ3v) is 7.81. The summed E-state index contributed by atoms with van der Waals surface area (Å²) in [5, 5.41) is 9.63. The molecular weight excluding hydrogens is 494 g/mol. The molecule has 0 saturated carbocycles. The van der Waals surface area contributed by atoms with Gasteiger partial charge in [0.1, 0.15) is 16.7 Å². The Hall–Kier alpha value is -3.94. The average Bonchev–Trinajstić information content (AvgIpc) is 2.95. The van der Waals surface area contributed by atoms with Crippen LogP contribution >= 0.6 is 0 Å². The van der Waals surface area contributed by atoms with E-state index < -0.39 is 11.0 Å². The van der Waals surface area contributed by atoms with E-state index in [-0.39, 0.29) is 17.4 Å². The van der Waals surface area contributed by atoms with Crippen LogP contribution in [0.25, 0.3) is 11.1 Å². The maximum atomic E-state index is 12.6. The highest BCUT2D eigenvalue weighted by Crippen LogP contribution is 2.27. The third-order valence-electron chi connectivity index (χ3n) is 6.80. The van der Waals surface area contributed by atoms with E-state index in [1.54, 1.807) is 24.3 Å². The molecule has 2 N–H and O–H groups in total. The molecule has 1 aliphatic rings. The normalized spacial score (nSPS) is 14.7. The molecule has 1 aliphatic heterocycles. The monoisotopic (exact) mass is 525 g/mol. The van der Waals surface area contributed by atoms with Gasteiger partial charge in [-0.25, -0.2) is 4.21 Å². The summed E-state index contributed by atoms with van der Waals surface area (Å²) in [4.78, 5) is 17.3. The minimum absolute atomic E-state index is 0.272. The molecule has 7 heteroatoms. The summed E-state index contributed by atoms with van der Waals surface area (Å²) < 4.78 is 14.9. The minimum Gasteiger partial charge on any atom is -0.508 e. The van der Waals surface area contributed by atoms with Gasteiger partial charge in [-0.05, 0) is 58.7 Å². The topological polar surface area (TPSA) is 72.9 Å². The number of carbonyl (C=O) groups is 1. The van der Waals surface area contributed by atoms with Gasteiger partial charge in [-0.3, -0.25) is 14.4 Å². The summed E-state index contributed by atoms with van der Waals surface area (Å²) in [6.45, 7) is 4.53. The Kier molecular flexibility index (Phi) is 8.16. The van der Waals surface area contributed by atoms with Crippen molar-refractivity contribution in [2.75, 3.05) is 31.1 Å². The van der Waals surface area contributed by atoms with Crippen molar-refractivity contribution in [2.45, 2.75) is 12.3 Å². The van der Waals surface area contributed by atoms with E-state index in [2.05, 4.69) is 38.8 Å². The van der Waals surface area contributed by atoms with Crippen LogP contribution in [-0.2, 0) is 23.3 Å². The number of hydrogen-bond donors (Lipinski definition) is 2. The van der Waals surface area contributed by atoms with Crippen molar-refractivity contribution in [1.82, 2.24) is 9.62 Å². The molecule has 1 unspecified atom stereocenters. The van der Waals surface area contributed by atoms with Gasteiger partial charge >= 0.3 is 0 Å². The second kappa shape index (κ2) is 12.1. The smallest absolute Gasteiger partial charge is 0.262 e. The fourth-order valence-corrected chi connectivity index (χ4v) is 5.63. The van der Waals surface area contributed by atoms with Gasteiger partial charge in [-0.15, -0.1) is 0 Å². The van der Waals surface area contributed by atoms with E-state index in [0.717, 1.165) is 49.5 Å². The highest BCUT2D eigenvalue weighted by molar-refractivity contribution is 7.82. The van der Waals surface area contributed by atoms with Crippen molar-refractivity contribution in [2.24, 2.45) is 0 Å². The molecule has 5 rings (SSSR count). The molecule has 38 heavy (non-hydrogen) atoms. The maximum Gasteiger partial charge on any atom is 0.262 e. The van der Waals surface area contributed by atoms with Crippen molar-refractivity contribution < 1.29 is 14.1 Å². The lowest BCUT2D eigenvalue weighted by Gasteiger charge is -2.36. The summed E-state index contributed by atoms with van der Waals surface area (Å²) in [6, 6.07) is 32.8. The van der Waals surface area contributed by atoms with Gasteiger partial charge in [0, 0.05) is 44.0 Å². The molecule has 0 bridgehead atoms. The number of nitrogens with one attached hydrogen (secondary N) is 1. The summed E-state index contributed by atoms with van der Waals surface area (Å²) in [7, 11) is -1.47. The van der Waals surface area contributed by atoms with E-state index >= 15 is 0 Å². The van der Waals surface area contributed by atoms with Crippen LogP contribution in [0.2, 0.25) is 0 Å². The molecule has 0 aliphatic carbocycles. The van der Waals surface area contributed by atoms with Crippen LogP contribution < -0.4 is 9.62 Å².